The molecule has 1 amide bonds. The number of hydrogen-bond acceptors (Lipinski definition) is 4. The summed E-state index contributed by atoms with van der Waals surface area (Å²) in [5.74, 6) is 0.629. The van der Waals surface area contributed by atoms with Gasteiger partial charge in [-0.15, -0.1) is 0 Å². The van der Waals surface area contributed by atoms with Crippen LogP contribution in [0, 0.1) is 6.92 Å². The Hall–Kier alpha value is -1.36. The van der Waals surface area contributed by atoms with E-state index in [2.05, 4.69) is 15.6 Å². The Morgan fingerprint density at radius 3 is 3.21 bits per heavy atom. The van der Waals surface area contributed by atoms with Crippen molar-refractivity contribution >= 4 is 11.9 Å². The minimum absolute atomic E-state index is 0.0654. The van der Waals surface area contributed by atoms with Crippen molar-refractivity contribution in [2.75, 3.05) is 11.9 Å². The van der Waals surface area contributed by atoms with E-state index in [1.165, 1.54) is 0 Å². The predicted octanol–water partition coefficient (Wildman–Crippen LogP) is 0.674. The van der Waals surface area contributed by atoms with Crippen LogP contribution in [-0.4, -0.2) is 23.5 Å². The van der Waals surface area contributed by atoms with Crippen molar-refractivity contribution in [2.45, 2.75) is 25.8 Å². The number of carbonyl (C=O) groups excluding carboxylic acids is 1. The van der Waals surface area contributed by atoms with Crippen molar-refractivity contribution in [3.63, 3.8) is 0 Å². The lowest BCUT2D eigenvalue weighted by Gasteiger charge is -2.07. The summed E-state index contributed by atoms with van der Waals surface area (Å²) in [5.41, 5.74) is 0. The van der Waals surface area contributed by atoms with Crippen LogP contribution in [0.2, 0.25) is 0 Å². The highest BCUT2D eigenvalue weighted by molar-refractivity contribution is 5.93. The lowest BCUT2D eigenvalue weighted by Crippen LogP contribution is -2.35. The lowest BCUT2D eigenvalue weighted by atomic mass is 10.2. The lowest BCUT2D eigenvalue weighted by molar-refractivity contribution is -0.117. The van der Waals surface area contributed by atoms with E-state index in [-0.39, 0.29) is 18.0 Å². The number of oxazole rings is 1. The topological polar surface area (TPSA) is 67.2 Å². The van der Waals surface area contributed by atoms with Gasteiger partial charge in [0.1, 0.15) is 5.76 Å². The Morgan fingerprint density at radius 2 is 2.64 bits per heavy atom. The maximum atomic E-state index is 11.6. The molecular weight excluding hydrogens is 182 g/mol. The van der Waals surface area contributed by atoms with E-state index in [4.69, 9.17) is 4.42 Å². The highest BCUT2D eigenvalue weighted by atomic mass is 16.4. The molecule has 0 aliphatic carbocycles. The number of nitrogens with one attached hydrogen (secondary N) is 2. The summed E-state index contributed by atoms with van der Waals surface area (Å²) < 4.78 is 5.14. The molecule has 0 saturated carbocycles. The van der Waals surface area contributed by atoms with Crippen LogP contribution in [0.1, 0.15) is 18.6 Å². The maximum Gasteiger partial charge on any atom is 0.301 e. The molecule has 1 fully saturated rings. The van der Waals surface area contributed by atoms with Crippen LogP contribution in [0.4, 0.5) is 6.01 Å². The first-order chi connectivity index (χ1) is 6.75. The summed E-state index contributed by atoms with van der Waals surface area (Å²) in [6, 6.07) is 0.184. The standard InChI is InChI=1S/C9H13N3O2/c1-6-5-11-9(14-6)12-8(13)7-3-2-4-10-7/h5,7,10H,2-4H2,1H3,(H,11,12,13). The Morgan fingerprint density at radius 1 is 1.79 bits per heavy atom. The summed E-state index contributed by atoms with van der Waals surface area (Å²) >= 11 is 0. The molecule has 1 saturated heterocycles. The second kappa shape index (κ2) is 3.79. The molecule has 1 unspecified atom stereocenters. The number of hydrogen-bond donors (Lipinski definition) is 2. The van der Waals surface area contributed by atoms with E-state index in [0.29, 0.717) is 5.76 Å². The third kappa shape index (κ3) is 1.93. The molecule has 2 N–H and O–H groups in total. The van der Waals surface area contributed by atoms with E-state index in [1.807, 2.05) is 0 Å². The molecule has 0 radical (unpaired) electrons. The van der Waals surface area contributed by atoms with Crippen LogP contribution in [0.25, 0.3) is 0 Å². The van der Waals surface area contributed by atoms with Crippen LogP contribution in [-0.2, 0) is 4.79 Å². The van der Waals surface area contributed by atoms with E-state index in [9.17, 15) is 4.79 Å². The van der Waals surface area contributed by atoms with Gasteiger partial charge in [0, 0.05) is 0 Å². The minimum Gasteiger partial charge on any atom is -0.429 e. The van der Waals surface area contributed by atoms with Gasteiger partial charge in [0.2, 0.25) is 5.91 Å². The number of nitrogens with zero attached hydrogens (tertiary/aromatic N) is 1. The molecule has 14 heavy (non-hydrogen) atoms. The van der Waals surface area contributed by atoms with Crippen LogP contribution in [0.5, 0.6) is 0 Å². The molecular formula is C9H13N3O2. The molecule has 0 bridgehead atoms. The number of aromatic nitrogens is 1. The van der Waals surface area contributed by atoms with Crippen molar-refractivity contribution in [3.05, 3.63) is 12.0 Å². The van der Waals surface area contributed by atoms with E-state index in [0.717, 1.165) is 19.4 Å². The molecule has 0 spiro atoms. The Labute approximate surface area is 81.9 Å². The second-order valence-electron chi connectivity index (χ2n) is 3.41. The van der Waals surface area contributed by atoms with Gasteiger partial charge >= 0.3 is 6.01 Å². The summed E-state index contributed by atoms with van der Waals surface area (Å²) in [6.07, 6.45) is 3.51. The van der Waals surface area contributed by atoms with Crippen LogP contribution < -0.4 is 10.6 Å². The van der Waals surface area contributed by atoms with Gasteiger partial charge in [-0.05, 0) is 26.3 Å². The minimum atomic E-state index is -0.0952. The van der Waals surface area contributed by atoms with E-state index in [1.54, 1.807) is 13.1 Å². The zero-order valence-electron chi connectivity index (χ0n) is 8.04. The molecule has 76 valence electrons. The number of amides is 1. The summed E-state index contributed by atoms with van der Waals surface area (Å²) in [7, 11) is 0. The largest absolute Gasteiger partial charge is 0.429 e. The third-order valence-corrected chi connectivity index (χ3v) is 2.23. The molecule has 2 rings (SSSR count). The summed E-state index contributed by atoms with van der Waals surface area (Å²) in [6.45, 7) is 2.69. The van der Waals surface area contributed by atoms with Crippen molar-refractivity contribution in [2.24, 2.45) is 0 Å². The van der Waals surface area contributed by atoms with Gasteiger partial charge in [-0.2, -0.15) is 0 Å². The molecule has 1 aromatic heterocycles. The van der Waals surface area contributed by atoms with Crippen molar-refractivity contribution in [1.82, 2.24) is 10.3 Å². The van der Waals surface area contributed by atoms with Gasteiger partial charge < -0.3 is 9.73 Å². The highest BCUT2D eigenvalue weighted by Gasteiger charge is 2.22. The first-order valence-corrected chi connectivity index (χ1v) is 4.72. The number of anilines is 1. The number of aryl methyl sites for hydroxylation is 1. The van der Waals surface area contributed by atoms with Crippen LogP contribution in [0.3, 0.4) is 0 Å². The SMILES string of the molecule is Cc1cnc(NC(=O)C2CCCN2)o1. The van der Waals surface area contributed by atoms with Crippen LogP contribution in [0.15, 0.2) is 10.6 Å². The first-order valence-electron chi connectivity index (χ1n) is 4.72. The molecule has 0 aromatic carbocycles. The predicted molar refractivity (Wildman–Crippen MR) is 50.9 cm³/mol. The molecule has 1 aromatic rings. The number of carbonyl (C=O) groups is 1. The van der Waals surface area contributed by atoms with Crippen molar-refractivity contribution in [1.29, 1.82) is 0 Å². The van der Waals surface area contributed by atoms with Gasteiger partial charge in [0.25, 0.3) is 0 Å². The Bertz CT molecular complexity index is 329. The Kier molecular flexibility index (Phi) is 2.49. The highest BCUT2D eigenvalue weighted by Crippen LogP contribution is 2.10. The molecule has 1 aliphatic heterocycles. The monoisotopic (exact) mass is 195 g/mol. The number of rotatable bonds is 2. The van der Waals surface area contributed by atoms with Gasteiger partial charge in [0.15, 0.2) is 0 Å². The average molecular weight is 195 g/mol. The summed E-state index contributed by atoms with van der Waals surface area (Å²) in [5, 5.41) is 5.73. The third-order valence-electron chi connectivity index (χ3n) is 2.23. The molecule has 5 heteroatoms. The molecule has 5 nitrogen and oxygen atoms in total. The smallest absolute Gasteiger partial charge is 0.301 e. The fraction of sp³-hybridized carbons (Fsp3) is 0.556. The average Bonchev–Trinajstić information content (AvgIpc) is 2.75. The molecule has 1 atom stereocenters. The zero-order valence-corrected chi connectivity index (χ0v) is 8.04. The van der Waals surface area contributed by atoms with Gasteiger partial charge in [-0.1, -0.05) is 0 Å². The maximum absolute atomic E-state index is 11.6. The summed E-state index contributed by atoms with van der Waals surface area (Å²) in [4.78, 5) is 15.5. The van der Waals surface area contributed by atoms with Gasteiger partial charge in [-0.3, -0.25) is 10.1 Å². The quantitative estimate of drug-likeness (QED) is 0.728. The fourth-order valence-electron chi connectivity index (χ4n) is 1.51. The van der Waals surface area contributed by atoms with E-state index >= 15 is 0 Å². The van der Waals surface area contributed by atoms with Gasteiger partial charge in [-0.25, -0.2) is 4.98 Å². The van der Waals surface area contributed by atoms with Crippen LogP contribution >= 0.6 is 0 Å². The second-order valence-corrected chi connectivity index (χ2v) is 3.41. The molecule has 1 aliphatic rings. The first kappa shape index (κ1) is 9.21. The zero-order chi connectivity index (χ0) is 9.97. The van der Waals surface area contributed by atoms with E-state index < -0.39 is 0 Å². The fourth-order valence-corrected chi connectivity index (χ4v) is 1.51. The normalized spacial score (nSPS) is 21.1. The van der Waals surface area contributed by atoms with Crippen molar-refractivity contribution < 1.29 is 9.21 Å². The van der Waals surface area contributed by atoms with Gasteiger partial charge in [0.05, 0.1) is 12.2 Å². The van der Waals surface area contributed by atoms with Crippen molar-refractivity contribution in [3.8, 4) is 0 Å². The molecule has 2 heterocycles. The Balaban J connectivity index is 1.93.